The molecule has 5 heteroatoms. The van der Waals surface area contributed by atoms with Crippen molar-refractivity contribution in [2.24, 2.45) is 0 Å². The number of nitrogens with one attached hydrogen (secondary N) is 1. The van der Waals surface area contributed by atoms with E-state index < -0.39 is 11.7 Å². The van der Waals surface area contributed by atoms with Crippen LogP contribution in [0.4, 0.5) is 4.79 Å². The van der Waals surface area contributed by atoms with Crippen molar-refractivity contribution in [1.82, 2.24) is 10.3 Å². The van der Waals surface area contributed by atoms with E-state index in [0.717, 1.165) is 11.3 Å². The number of pyridine rings is 1. The molecule has 0 spiro atoms. The number of amides is 1. The van der Waals surface area contributed by atoms with Crippen LogP contribution in [0.2, 0.25) is 0 Å². The molecule has 0 aliphatic carbocycles. The Bertz CT molecular complexity index is 604. The fourth-order valence-corrected chi connectivity index (χ4v) is 1.67. The lowest BCUT2D eigenvalue weighted by Crippen LogP contribution is -2.32. The van der Waals surface area contributed by atoms with E-state index in [-0.39, 0.29) is 0 Å². The van der Waals surface area contributed by atoms with E-state index in [1.165, 1.54) is 0 Å². The van der Waals surface area contributed by atoms with Gasteiger partial charge in [0.1, 0.15) is 11.4 Å². The van der Waals surface area contributed by atoms with Crippen LogP contribution in [0.5, 0.6) is 11.6 Å². The van der Waals surface area contributed by atoms with Gasteiger partial charge in [-0.1, -0.05) is 24.3 Å². The molecular weight excluding hydrogens is 280 g/mol. The number of para-hydroxylation sites is 1. The molecule has 2 aromatic rings. The molecule has 0 saturated carbocycles. The summed E-state index contributed by atoms with van der Waals surface area (Å²) in [4.78, 5) is 15.8. The molecule has 5 nitrogen and oxygen atoms in total. The predicted molar refractivity (Wildman–Crippen MR) is 83.8 cm³/mol. The van der Waals surface area contributed by atoms with Gasteiger partial charge in [-0.3, -0.25) is 0 Å². The highest BCUT2D eigenvalue weighted by molar-refractivity contribution is 5.67. The van der Waals surface area contributed by atoms with Crippen molar-refractivity contribution >= 4 is 6.09 Å². The van der Waals surface area contributed by atoms with Gasteiger partial charge in [0, 0.05) is 18.8 Å². The summed E-state index contributed by atoms with van der Waals surface area (Å²) in [6, 6.07) is 13.1. The Morgan fingerprint density at radius 3 is 2.45 bits per heavy atom. The zero-order valence-electron chi connectivity index (χ0n) is 13.0. The fourth-order valence-electron chi connectivity index (χ4n) is 1.67. The van der Waals surface area contributed by atoms with E-state index in [9.17, 15) is 4.79 Å². The van der Waals surface area contributed by atoms with Gasteiger partial charge in [-0.15, -0.1) is 0 Å². The fraction of sp³-hybridized carbons (Fsp3) is 0.294. The Balaban J connectivity index is 1.86. The maximum atomic E-state index is 11.6. The molecule has 2 rings (SSSR count). The number of hydrogen-bond acceptors (Lipinski definition) is 4. The summed E-state index contributed by atoms with van der Waals surface area (Å²) >= 11 is 0. The molecule has 0 unspecified atom stereocenters. The second kappa shape index (κ2) is 6.93. The van der Waals surface area contributed by atoms with Gasteiger partial charge in [-0.05, 0) is 38.5 Å². The Kier molecular flexibility index (Phi) is 4.99. The first-order valence-electron chi connectivity index (χ1n) is 7.07. The van der Waals surface area contributed by atoms with Gasteiger partial charge in [-0.2, -0.15) is 0 Å². The molecule has 0 aliphatic heterocycles. The van der Waals surface area contributed by atoms with Crippen LogP contribution in [0.3, 0.4) is 0 Å². The van der Waals surface area contributed by atoms with Gasteiger partial charge in [-0.25, -0.2) is 9.78 Å². The Morgan fingerprint density at radius 1 is 1.14 bits per heavy atom. The second-order valence-corrected chi connectivity index (χ2v) is 5.78. The number of carbonyl (C=O) groups excluding carboxylic acids is 1. The Labute approximate surface area is 130 Å². The normalized spacial score (nSPS) is 10.9. The maximum Gasteiger partial charge on any atom is 0.407 e. The van der Waals surface area contributed by atoms with Gasteiger partial charge < -0.3 is 14.8 Å². The summed E-state index contributed by atoms with van der Waals surface area (Å²) in [5.74, 6) is 1.24. The molecule has 1 N–H and O–H groups in total. The molecule has 1 amide bonds. The molecule has 0 bridgehead atoms. The van der Waals surface area contributed by atoms with E-state index in [2.05, 4.69) is 10.3 Å². The lowest BCUT2D eigenvalue weighted by molar-refractivity contribution is 0.0523. The van der Waals surface area contributed by atoms with Gasteiger partial charge in [0.2, 0.25) is 5.88 Å². The highest BCUT2D eigenvalue weighted by Crippen LogP contribution is 2.18. The molecule has 0 radical (unpaired) electrons. The van der Waals surface area contributed by atoms with Crippen molar-refractivity contribution in [3.05, 3.63) is 54.2 Å². The molecule has 1 aromatic carbocycles. The molecule has 0 fully saturated rings. The van der Waals surface area contributed by atoms with Gasteiger partial charge >= 0.3 is 6.09 Å². The van der Waals surface area contributed by atoms with E-state index in [1.54, 1.807) is 12.3 Å². The van der Waals surface area contributed by atoms with Gasteiger partial charge in [0.15, 0.2) is 0 Å². The van der Waals surface area contributed by atoms with Crippen molar-refractivity contribution < 1.29 is 14.3 Å². The number of aromatic nitrogens is 1. The molecule has 0 saturated heterocycles. The maximum absolute atomic E-state index is 11.6. The topological polar surface area (TPSA) is 60.5 Å². The number of hydrogen-bond donors (Lipinski definition) is 1. The van der Waals surface area contributed by atoms with Crippen LogP contribution in [-0.2, 0) is 11.3 Å². The van der Waals surface area contributed by atoms with Crippen molar-refractivity contribution in [3.63, 3.8) is 0 Å². The first kappa shape index (κ1) is 15.8. The number of ether oxygens (including phenoxy) is 2. The molecule has 0 aliphatic rings. The van der Waals surface area contributed by atoms with E-state index in [1.807, 2.05) is 57.2 Å². The van der Waals surface area contributed by atoms with Crippen LogP contribution in [0.1, 0.15) is 26.3 Å². The van der Waals surface area contributed by atoms with Crippen molar-refractivity contribution in [3.8, 4) is 11.6 Å². The SMILES string of the molecule is CC(C)(C)OC(=O)NCc1ccc(Oc2ccccc2)nc1. The summed E-state index contributed by atoms with van der Waals surface area (Å²) in [7, 11) is 0. The molecule has 116 valence electrons. The van der Waals surface area contributed by atoms with E-state index in [4.69, 9.17) is 9.47 Å². The highest BCUT2D eigenvalue weighted by atomic mass is 16.6. The monoisotopic (exact) mass is 300 g/mol. The number of alkyl carbamates (subject to hydrolysis) is 1. The minimum Gasteiger partial charge on any atom is -0.444 e. The molecule has 1 heterocycles. The third kappa shape index (κ3) is 5.44. The molecule has 0 atom stereocenters. The van der Waals surface area contributed by atoms with Crippen molar-refractivity contribution in [2.45, 2.75) is 32.9 Å². The van der Waals surface area contributed by atoms with Crippen LogP contribution in [-0.4, -0.2) is 16.7 Å². The van der Waals surface area contributed by atoms with E-state index in [0.29, 0.717) is 12.4 Å². The van der Waals surface area contributed by atoms with Crippen LogP contribution in [0.15, 0.2) is 48.7 Å². The highest BCUT2D eigenvalue weighted by Gasteiger charge is 2.15. The standard InChI is InChI=1S/C17H20N2O3/c1-17(2,3)22-16(20)19-12-13-9-10-15(18-11-13)21-14-7-5-4-6-8-14/h4-11H,12H2,1-3H3,(H,19,20). The molecular formula is C17H20N2O3. The zero-order chi connectivity index (χ0) is 16.0. The van der Waals surface area contributed by atoms with Crippen LogP contribution < -0.4 is 10.1 Å². The Hall–Kier alpha value is -2.56. The third-order valence-corrected chi connectivity index (χ3v) is 2.60. The quantitative estimate of drug-likeness (QED) is 0.930. The third-order valence-electron chi connectivity index (χ3n) is 2.60. The molecule has 22 heavy (non-hydrogen) atoms. The minimum absolute atomic E-state index is 0.355. The average Bonchev–Trinajstić information content (AvgIpc) is 2.46. The number of nitrogens with zero attached hydrogens (tertiary/aromatic N) is 1. The Morgan fingerprint density at radius 2 is 1.86 bits per heavy atom. The van der Waals surface area contributed by atoms with Crippen LogP contribution in [0.25, 0.3) is 0 Å². The predicted octanol–water partition coefficient (Wildman–Crippen LogP) is 3.90. The number of carbonyl (C=O) groups is 1. The summed E-state index contributed by atoms with van der Waals surface area (Å²) in [5.41, 5.74) is 0.363. The summed E-state index contributed by atoms with van der Waals surface area (Å²) in [5, 5.41) is 2.68. The first-order chi connectivity index (χ1) is 10.4. The van der Waals surface area contributed by atoms with Crippen LogP contribution in [0, 0.1) is 0 Å². The lowest BCUT2D eigenvalue weighted by Gasteiger charge is -2.19. The zero-order valence-corrected chi connectivity index (χ0v) is 13.0. The van der Waals surface area contributed by atoms with Gasteiger partial charge in [0.05, 0.1) is 0 Å². The number of rotatable bonds is 4. The largest absolute Gasteiger partial charge is 0.444 e. The lowest BCUT2D eigenvalue weighted by atomic mass is 10.2. The van der Waals surface area contributed by atoms with E-state index >= 15 is 0 Å². The smallest absolute Gasteiger partial charge is 0.407 e. The molecule has 1 aromatic heterocycles. The summed E-state index contributed by atoms with van der Waals surface area (Å²) < 4.78 is 10.8. The number of benzene rings is 1. The average molecular weight is 300 g/mol. The second-order valence-electron chi connectivity index (χ2n) is 5.78. The van der Waals surface area contributed by atoms with Crippen molar-refractivity contribution in [2.75, 3.05) is 0 Å². The van der Waals surface area contributed by atoms with Crippen molar-refractivity contribution in [1.29, 1.82) is 0 Å². The minimum atomic E-state index is -0.504. The summed E-state index contributed by atoms with van der Waals surface area (Å²) in [6.07, 6.45) is 1.22. The van der Waals surface area contributed by atoms with Gasteiger partial charge in [0.25, 0.3) is 0 Å². The first-order valence-corrected chi connectivity index (χ1v) is 7.07. The summed E-state index contributed by atoms with van der Waals surface area (Å²) in [6.45, 7) is 5.82. The van der Waals surface area contributed by atoms with Crippen LogP contribution >= 0.6 is 0 Å².